The molecule has 2 nitrogen and oxygen atoms in total. The molecule has 0 aromatic rings. The summed E-state index contributed by atoms with van der Waals surface area (Å²) in [7, 11) is 0. The molecule has 0 bridgehead atoms. The largest absolute Gasteiger partial charge is 0.396 e. The van der Waals surface area contributed by atoms with Gasteiger partial charge in [0.1, 0.15) is 0 Å². The van der Waals surface area contributed by atoms with Crippen molar-refractivity contribution in [3.05, 3.63) is 0 Å². The van der Waals surface area contributed by atoms with Crippen LogP contribution in [0.2, 0.25) is 0 Å². The molecule has 120 valence electrons. The molecule has 1 aliphatic carbocycles. The van der Waals surface area contributed by atoms with Crippen molar-refractivity contribution in [3.63, 3.8) is 0 Å². The van der Waals surface area contributed by atoms with Crippen LogP contribution in [0, 0.1) is 22.7 Å². The first-order valence-corrected chi connectivity index (χ1v) is 8.48. The fourth-order valence-corrected chi connectivity index (χ4v) is 3.29. The van der Waals surface area contributed by atoms with E-state index >= 15 is 0 Å². The number of hydrogen-bond donors (Lipinski definition) is 1. The summed E-state index contributed by atoms with van der Waals surface area (Å²) in [6.07, 6.45) is 7.01. The van der Waals surface area contributed by atoms with Crippen molar-refractivity contribution in [2.75, 3.05) is 19.8 Å². The molecule has 1 saturated carbocycles. The van der Waals surface area contributed by atoms with E-state index in [2.05, 4.69) is 34.6 Å². The predicted molar refractivity (Wildman–Crippen MR) is 85.8 cm³/mol. The van der Waals surface area contributed by atoms with E-state index in [9.17, 15) is 5.11 Å². The van der Waals surface area contributed by atoms with Crippen molar-refractivity contribution in [2.45, 2.75) is 73.1 Å². The Morgan fingerprint density at radius 1 is 1.15 bits per heavy atom. The smallest absolute Gasteiger partial charge is 0.0488 e. The summed E-state index contributed by atoms with van der Waals surface area (Å²) in [5, 5.41) is 9.82. The van der Waals surface area contributed by atoms with Crippen LogP contribution in [0.15, 0.2) is 0 Å². The number of hydrogen-bond acceptors (Lipinski definition) is 2. The molecule has 2 heteroatoms. The lowest BCUT2D eigenvalue weighted by Gasteiger charge is -2.43. The van der Waals surface area contributed by atoms with E-state index in [-0.39, 0.29) is 5.41 Å². The molecular formula is C18H36O2. The van der Waals surface area contributed by atoms with Crippen molar-refractivity contribution in [1.29, 1.82) is 0 Å². The second-order valence-corrected chi connectivity index (χ2v) is 8.34. The monoisotopic (exact) mass is 284 g/mol. The Morgan fingerprint density at radius 2 is 1.75 bits per heavy atom. The quantitative estimate of drug-likeness (QED) is 0.689. The van der Waals surface area contributed by atoms with Gasteiger partial charge in [-0.2, -0.15) is 0 Å². The molecule has 0 saturated heterocycles. The maximum absolute atomic E-state index is 9.82. The van der Waals surface area contributed by atoms with Crippen LogP contribution in [-0.4, -0.2) is 24.9 Å². The van der Waals surface area contributed by atoms with Crippen LogP contribution in [0.1, 0.15) is 73.1 Å². The zero-order valence-corrected chi connectivity index (χ0v) is 14.4. The van der Waals surface area contributed by atoms with Gasteiger partial charge in [0.25, 0.3) is 0 Å². The third-order valence-corrected chi connectivity index (χ3v) is 5.22. The van der Waals surface area contributed by atoms with E-state index in [4.69, 9.17) is 4.74 Å². The van der Waals surface area contributed by atoms with Gasteiger partial charge in [0.15, 0.2) is 0 Å². The Hall–Kier alpha value is -0.0800. The van der Waals surface area contributed by atoms with E-state index in [0.29, 0.717) is 17.9 Å². The van der Waals surface area contributed by atoms with Gasteiger partial charge in [0.05, 0.1) is 0 Å². The maximum atomic E-state index is 9.82. The SMILES string of the molecule is CC(C)CCOCCC1(CO)CCC(C(C)(C)C)CC1. The lowest BCUT2D eigenvalue weighted by atomic mass is 9.63. The Balaban J connectivity index is 2.31. The van der Waals surface area contributed by atoms with Crippen molar-refractivity contribution in [2.24, 2.45) is 22.7 Å². The van der Waals surface area contributed by atoms with E-state index in [1.54, 1.807) is 0 Å². The summed E-state index contributed by atoms with van der Waals surface area (Å²) in [6.45, 7) is 13.5. The molecule has 20 heavy (non-hydrogen) atoms. The summed E-state index contributed by atoms with van der Waals surface area (Å²) < 4.78 is 5.76. The normalized spacial score (nSPS) is 28.1. The first-order chi connectivity index (χ1) is 9.29. The number of aliphatic hydroxyl groups is 1. The molecule has 1 fully saturated rings. The van der Waals surface area contributed by atoms with Crippen LogP contribution in [-0.2, 0) is 4.74 Å². The molecule has 0 aliphatic heterocycles. The van der Waals surface area contributed by atoms with Gasteiger partial charge in [-0.3, -0.25) is 0 Å². The van der Waals surface area contributed by atoms with E-state index < -0.39 is 0 Å². The summed E-state index contributed by atoms with van der Waals surface area (Å²) in [6, 6.07) is 0. The standard InChI is InChI=1S/C18H36O2/c1-15(2)8-12-20-13-11-18(14-19)9-6-16(7-10-18)17(3,4)5/h15-16,19H,6-14H2,1-5H3. The van der Waals surface area contributed by atoms with Gasteiger partial charge in [-0.1, -0.05) is 34.6 Å². The third kappa shape index (κ3) is 5.73. The highest BCUT2D eigenvalue weighted by atomic mass is 16.5. The minimum atomic E-state index is 0.138. The van der Waals surface area contributed by atoms with Gasteiger partial charge in [0.2, 0.25) is 0 Å². The van der Waals surface area contributed by atoms with Crippen LogP contribution in [0.4, 0.5) is 0 Å². The Kier molecular flexibility index (Phi) is 7.00. The number of ether oxygens (including phenoxy) is 1. The Labute approximate surface area is 126 Å². The Bertz CT molecular complexity index is 257. The van der Waals surface area contributed by atoms with E-state index in [1.807, 2.05) is 0 Å². The first kappa shape index (κ1) is 18.0. The topological polar surface area (TPSA) is 29.5 Å². The summed E-state index contributed by atoms with van der Waals surface area (Å²) in [4.78, 5) is 0. The van der Waals surface area contributed by atoms with Gasteiger partial charge in [-0.05, 0) is 61.2 Å². The highest BCUT2D eigenvalue weighted by Crippen LogP contribution is 2.46. The summed E-state index contributed by atoms with van der Waals surface area (Å²) in [5.74, 6) is 1.52. The highest BCUT2D eigenvalue weighted by Gasteiger charge is 2.38. The van der Waals surface area contributed by atoms with Gasteiger partial charge in [0, 0.05) is 19.8 Å². The molecule has 1 aliphatic rings. The molecule has 0 aromatic heterocycles. The zero-order valence-electron chi connectivity index (χ0n) is 14.4. The van der Waals surface area contributed by atoms with Crippen molar-refractivity contribution in [1.82, 2.24) is 0 Å². The second kappa shape index (κ2) is 7.79. The lowest BCUT2D eigenvalue weighted by molar-refractivity contribution is 0.00374. The molecule has 1 N–H and O–H groups in total. The van der Waals surface area contributed by atoms with Gasteiger partial charge < -0.3 is 9.84 Å². The predicted octanol–water partition coefficient (Wildman–Crippen LogP) is 4.65. The molecule has 0 heterocycles. The third-order valence-electron chi connectivity index (χ3n) is 5.22. The average Bonchev–Trinajstić information content (AvgIpc) is 2.37. The summed E-state index contributed by atoms with van der Waals surface area (Å²) in [5.41, 5.74) is 0.551. The van der Waals surface area contributed by atoms with Crippen molar-refractivity contribution < 1.29 is 9.84 Å². The minimum absolute atomic E-state index is 0.138. The minimum Gasteiger partial charge on any atom is -0.396 e. The van der Waals surface area contributed by atoms with Gasteiger partial charge >= 0.3 is 0 Å². The highest BCUT2D eigenvalue weighted by molar-refractivity contribution is 4.88. The molecule has 1 rings (SSSR count). The molecule has 0 amide bonds. The molecule has 0 unspecified atom stereocenters. The first-order valence-electron chi connectivity index (χ1n) is 8.48. The van der Waals surface area contributed by atoms with Crippen LogP contribution >= 0.6 is 0 Å². The van der Waals surface area contributed by atoms with Crippen molar-refractivity contribution in [3.8, 4) is 0 Å². The van der Waals surface area contributed by atoms with Crippen LogP contribution < -0.4 is 0 Å². The van der Waals surface area contributed by atoms with Crippen LogP contribution in [0.3, 0.4) is 0 Å². The number of aliphatic hydroxyl groups excluding tert-OH is 1. The second-order valence-electron chi connectivity index (χ2n) is 8.34. The fraction of sp³-hybridized carbons (Fsp3) is 1.00. The molecule has 0 atom stereocenters. The molecular weight excluding hydrogens is 248 g/mol. The fourth-order valence-electron chi connectivity index (χ4n) is 3.29. The molecule has 0 radical (unpaired) electrons. The average molecular weight is 284 g/mol. The number of rotatable bonds is 7. The maximum Gasteiger partial charge on any atom is 0.0488 e. The van der Waals surface area contributed by atoms with Gasteiger partial charge in [-0.25, -0.2) is 0 Å². The van der Waals surface area contributed by atoms with Gasteiger partial charge in [-0.15, -0.1) is 0 Å². The van der Waals surface area contributed by atoms with E-state index in [1.165, 1.54) is 25.7 Å². The zero-order chi connectivity index (χ0) is 15.2. The van der Waals surface area contributed by atoms with E-state index in [0.717, 1.165) is 32.0 Å². The van der Waals surface area contributed by atoms with Crippen LogP contribution in [0.25, 0.3) is 0 Å². The Morgan fingerprint density at radius 3 is 2.20 bits per heavy atom. The lowest BCUT2D eigenvalue weighted by Crippen LogP contribution is -2.36. The molecule has 0 spiro atoms. The van der Waals surface area contributed by atoms with Crippen LogP contribution in [0.5, 0.6) is 0 Å². The van der Waals surface area contributed by atoms with Crippen molar-refractivity contribution >= 4 is 0 Å². The molecule has 0 aromatic carbocycles. The summed E-state index contributed by atoms with van der Waals surface area (Å²) >= 11 is 0.